The summed E-state index contributed by atoms with van der Waals surface area (Å²) >= 11 is 0. The molecule has 1 aromatic carbocycles. The second-order valence-corrected chi connectivity index (χ2v) is 7.64. The SMILES string of the molecule is CCOc1ccc2c(c1)[C@]13CCCC[C@@H]1[C@H](C2)C(C)CC3. The van der Waals surface area contributed by atoms with Crippen LogP contribution in [-0.2, 0) is 11.8 Å². The third kappa shape index (κ3) is 1.96. The van der Waals surface area contributed by atoms with Gasteiger partial charge in [-0.15, -0.1) is 0 Å². The Bertz CT molecular complexity index is 535. The Hall–Kier alpha value is -0.980. The largest absolute Gasteiger partial charge is 0.494 e. The Morgan fingerprint density at radius 2 is 2.10 bits per heavy atom. The molecular formula is C20H28O. The molecule has 1 unspecified atom stereocenters. The average Bonchev–Trinajstić information content (AvgIpc) is 2.52. The molecule has 3 aliphatic rings. The number of fused-ring (bicyclic) bond motifs is 1. The molecular weight excluding hydrogens is 256 g/mol. The smallest absolute Gasteiger partial charge is 0.119 e. The fraction of sp³-hybridized carbons (Fsp3) is 0.700. The van der Waals surface area contributed by atoms with Gasteiger partial charge in [0.2, 0.25) is 0 Å². The van der Waals surface area contributed by atoms with Crippen LogP contribution in [0.3, 0.4) is 0 Å². The van der Waals surface area contributed by atoms with Crippen molar-refractivity contribution in [3.8, 4) is 5.75 Å². The van der Waals surface area contributed by atoms with Crippen LogP contribution < -0.4 is 4.74 Å². The Labute approximate surface area is 129 Å². The van der Waals surface area contributed by atoms with E-state index in [0.29, 0.717) is 5.41 Å². The second-order valence-electron chi connectivity index (χ2n) is 7.64. The Kier molecular flexibility index (Phi) is 3.28. The van der Waals surface area contributed by atoms with E-state index in [2.05, 4.69) is 32.0 Å². The maximum Gasteiger partial charge on any atom is 0.119 e. The quantitative estimate of drug-likeness (QED) is 0.733. The first-order chi connectivity index (χ1) is 10.2. The van der Waals surface area contributed by atoms with Gasteiger partial charge in [-0.05, 0) is 85.5 Å². The summed E-state index contributed by atoms with van der Waals surface area (Å²) in [5, 5.41) is 0. The Morgan fingerprint density at radius 1 is 1.19 bits per heavy atom. The number of hydrogen-bond donors (Lipinski definition) is 0. The first-order valence-corrected chi connectivity index (χ1v) is 9.01. The normalized spacial score (nSPS) is 37.5. The molecule has 1 nitrogen and oxygen atoms in total. The highest BCUT2D eigenvalue weighted by atomic mass is 16.5. The van der Waals surface area contributed by atoms with Crippen LogP contribution in [0.25, 0.3) is 0 Å². The van der Waals surface area contributed by atoms with Crippen molar-refractivity contribution in [2.24, 2.45) is 17.8 Å². The zero-order valence-corrected chi connectivity index (χ0v) is 13.5. The Morgan fingerprint density at radius 3 is 2.95 bits per heavy atom. The summed E-state index contributed by atoms with van der Waals surface area (Å²) < 4.78 is 5.81. The highest BCUT2D eigenvalue weighted by Crippen LogP contribution is 2.60. The van der Waals surface area contributed by atoms with E-state index in [0.717, 1.165) is 30.1 Å². The molecule has 1 heteroatoms. The minimum atomic E-state index is 0.496. The molecule has 0 heterocycles. The molecule has 0 amide bonds. The first-order valence-electron chi connectivity index (χ1n) is 9.01. The van der Waals surface area contributed by atoms with Crippen molar-refractivity contribution in [1.29, 1.82) is 0 Å². The molecule has 2 fully saturated rings. The van der Waals surface area contributed by atoms with Gasteiger partial charge in [0, 0.05) is 0 Å². The molecule has 3 aliphatic carbocycles. The zero-order chi connectivity index (χ0) is 14.4. The highest BCUT2D eigenvalue weighted by molar-refractivity contribution is 5.45. The summed E-state index contributed by atoms with van der Waals surface area (Å²) in [6.45, 7) is 5.36. The summed E-state index contributed by atoms with van der Waals surface area (Å²) in [6.07, 6.45) is 9.93. The van der Waals surface area contributed by atoms with Crippen molar-refractivity contribution < 1.29 is 4.74 Å². The molecule has 0 aromatic heterocycles. The van der Waals surface area contributed by atoms with Crippen molar-refractivity contribution in [2.45, 2.75) is 64.2 Å². The third-order valence-electron chi connectivity index (χ3n) is 6.78. The average molecular weight is 284 g/mol. The zero-order valence-electron chi connectivity index (χ0n) is 13.5. The van der Waals surface area contributed by atoms with Crippen LogP contribution in [0.5, 0.6) is 5.75 Å². The van der Waals surface area contributed by atoms with Gasteiger partial charge in [-0.1, -0.05) is 25.8 Å². The van der Waals surface area contributed by atoms with Gasteiger partial charge in [0.25, 0.3) is 0 Å². The van der Waals surface area contributed by atoms with Crippen LogP contribution in [0.15, 0.2) is 18.2 Å². The van der Waals surface area contributed by atoms with E-state index in [1.54, 1.807) is 11.1 Å². The molecule has 2 saturated carbocycles. The predicted octanol–water partition coefficient (Wildman–Crippen LogP) is 5.12. The third-order valence-corrected chi connectivity index (χ3v) is 6.78. The topological polar surface area (TPSA) is 9.23 Å². The number of rotatable bonds is 2. The molecule has 0 radical (unpaired) electrons. The van der Waals surface area contributed by atoms with E-state index < -0.39 is 0 Å². The highest BCUT2D eigenvalue weighted by Gasteiger charge is 2.53. The molecule has 1 aromatic rings. The molecule has 21 heavy (non-hydrogen) atoms. The van der Waals surface area contributed by atoms with Gasteiger partial charge in [0.05, 0.1) is 6.61 Å². The summed E-state index contributed by atoms with van der Waals surface area (Å²) in [7, 11) is 0. The molecule has 114 valence electrons. The van der Waals surface area contributed by atoms with E-state index in [4.69, 9.17) is 4.74 Å². The van der Waals surface area contributed by atoms with Crippen LogP contribution in [0.2, 0.25) is 0 Å². The standard InChI is InChI=1S/C20H28O/c1-3-21-16-8-7-15-12-17-14(2)9-11-20(19(15)13-16)10-5-4-6-18(17)20/h7-8,13-14,17-18H,3-6,9-12H2,1-2H3/t14?,17-,18-,20+/m1/s1. The lowest BCUT2D eigenvalue weighted by Gasteiger charge is -2.57. The van der Waals surface area contributed by atoms with Gasteiger partial charge in [-0.25, -0.2) is 0 Å². The predicted molar refractivity (Wildman–Crippen MR) is 86.8 cm³/mol. The molecule has 0 aliphatic heterocycles. The summed E-state index contributed by atoms with van der Waals surface area (Å²) in [6, 6.07) is 6.98. The van der Waals surface area contributed by atoms with Crippen molar-refractivity contribution in [2.75, 3.05) is 6.61 Å². The van der Waals surface area contributed by atoms with E-state index >= 15 is 0 Å². The van der Waals surface area contributed by atoms with Crippen LogP contribution in [0.4, 0.5) is 0 Å². The van der Waals surface area contributed by atoms with Crippen molar-refractivity contribution in [3.63, 3.8) is 0 Å². The molecule has 0 N–H and O–H groups in total. The van der Waals surface area contributed by atoms with E-state index in [1.165, 1.54) is 44.9 Å². The lowest BCUT2D eigenvalue weighted by atomic mass is 9.47. The fourth-order valence-corrected chi connectivity index (χ4v) is 5.82. The number of ether oxygens (including phenoxy) is 1. The molecule has 0 saturated heterocycles. The van der Waals surface area contributed by atoms with Gasteiger partial charge in [0.15, 0.2) is 0 Å². The van der Waals surface area contributed by atoms with Gasteiger partial charge in [-0.2, -0.15) is 0 Å². The summed E-state index contributed by atoms with van der Waals surface area (Å²) in [4.78, 5) is 0. The van der Waals surface area contributed by atoms with Crippen molar-refractivity contribution in [1.82, 2.24) is 0 Å². The lowest BCUT2D eigenvalue weighted by Crippen LogP contribution is -2.51. The monoisotopic (exact) mass is 284 g/mol. The van der Waals surface area contributed by atoms with E-state index in [9.17, 15) is 0 Å². The lowest BCUT2D eigenvalue weighted by molar-refractivity contribution is 0.0174. The molecule has 2 bridgehead atoms. The number of hydrogen-bond acceptors (Lipinski definition) is 1. The minimum absolute atomic E-state index is 0.496. The maximum absolute atomic E-state index is 5.81. The van der Waals surface area contributed by atoms with Gasteiger partial charge >= 0.3 is 0 Å². The van der Waals surface area contributed by atoms with Crippen molar-refractivity contribution in [3.05, 3.63) is 29.3 Å². The molecule has 0 spiro atoms. The summed E-state index contributed by atoms with van der Waals surface area (Å²) in [5.41, 5.74) is 3.80. The molecule has 4 atom stereocenters. The Balaban J connectivity index is 1.83. The fourth-order valence-electron chi connectivity index (χ4n) is 5.82. The van der Waals surface area contributed by atoms with E-state index in [-0.39, 0.29) is 0 Å². The van der Waals surface area contributed by atoms with Crippen molar-refractivity contribution >= 4 is 0 Å². The van der Waals surface area contributed by atoms with Gasteiger partial charge in [0.1, 0.15) is 5.75 Å². The van der Waals surface area contributed by atoms with E-state index in [1.807, 2.05) is 0 Å². The van der Waals surface area contributed by atoms with Crippen LogP contribution in [0.1, 0.15) is 63.5 Å². The maximum atomic E-state index is 5.81. The number of benzene rings is 1. The van der Waals surface area contributed by atoms with Gasteiger partial charge in [-0.3, -0.25) is 0 Å². The van der Waals surface area contributed by atoms with Crippen LogP contribution in [0, 0.1) is 17.8 Å². The van der Waals surface area contributed by atoms with Crippen LogP contribution in [-0.4, -0.2) is 6.61 Å². The minimum Gasteiger partial charge on any atom is -0.494 e. The van der Waals surface area contributed by atoms with Crippen LogP contribution >= 0.6 is 0 Å². The second kappa shape index (κ2) is 5.04. The van der Waals surface area contributed by atoms with Gasteiger partial charge < -0.3 is 4.74 Å². The summed E-state index contributed by atoms with van der Waals surface area (Å²) in [5.74, 6) is 3.89. The first kappa shape index (κ1) is 13.7. The molecule has 4 rings (SSSR count).